The topological polar surface area (TPSA) is 98.0 Å². The lowest BCUT2D eigenvalue weighted by molar-refractivity contribution is -0.146. The molecule has 25 heavy (non-hydrogen) atoms. The van der Waals surface area contributed by atoms with E-state index in [9.17, 15) is 20.1 Å². The molecule has 5 nitrogen and oxygen atoms in total. The van der Waals surface area contributed by atoms with E-state index in [-0.39, 0.29) is 18.3 Å². The van der Waals surface area contributed by atoms with Gasteiger partial charge in [0.25, 0.3) is 0 Å². The summed E-state index contributed by atoms with van der Waals surface area (Å²) < 4.78 is 0. The van der Waals surface area contributed by atoms with Crippen LogP contribution in [0.15, 0.2) is 24.3 Å². The molecule has 0 aromatic heterocycles. The summed E-state index contributed by atoms with van der Waals surface area (Å²) in [7, 11) is 0. The van der Waals surface area contributed by atoms with Gasteiger partial charge in [0.05, 0.1) is 12.2 Å². The predicted molar refractivity (Wildman–Crippen MR) is 98.1 cm³/mol. The standard InChI is InChI=1S/C20H34O5/c1-2-3-4-5-6-8-11-15-16(19(23)14-18(15)22)12-9-7-10-13-17(21)20(24)25/h7-9,11,15-19,21-23H,2-6,10,12-14H2,1H3,(H,24,25)/b9-7-,11-8+/t15-,16+,17?,18-,19+/m1/s1. The number of rotatable bonds is 12. The van der Waals surface area contributed by atoms with E-state index in [2.05, 4.69) is 19.1 Å². The molecule has 1 rings (SSSR count). The van der Waals surface area contributed by atoms with Gasteiger partial charge in [-0.2, -0.15) is 0 Å². The summed E-state index contributed by atoms with van der Waals surface area (Å²) in [4.78, 5) is 10.5. The SMILES string of the molecule is CCCCCC/C=C/[C@@H]1[C@H](C/C=C\CCC(O)C(=O)O)[C@@H](O)C[C@H]1O. The van der Waals surface area contributed by atoms with Crippen LogP contribution in [0, 0.1) is 11.8 Å². The fraction of sp³-hybridized carbons (Fsp3) is 0.750. The zero-order chi connectivity index (χ0) is 18.7. The van der Waals surface area contributed by atoms with Crippen molar-refractivity contribution in [3.8, 4) is 0 Å². The average molecular weight is 354 g/mol. The van der Waals surface area contributed by atoms with Gasteiger partial charge in [0, 0.05) is 12.3 Å². The first kappa shape index (κ1) is 21.9. The highest BCUT2D eigenvalue weighted by Crippen LogP contribution is 2.36. The number of carboxylic acid groups (broad SMARTS) is 1. The molecule has 5 heteroatoms. The molecule has 0 saturated heterocycles. The Morgan fingerprint density at radius 3 is 2.52 bits per heavy atom. The van der Waals surface area contributed by atoms with E-state index in [1.165, 1.54) is 19.3 Å². The Morgan fingerprint density at radius 2 is 1.84 bits per heavy atom. The molecule has 0 aromatic rings. The maximum absolute atomic E-state index is 10.5. The van der Waals surface area contributed by atoms with Crippen molar-refractivity contribution >= 4 is 5.97 Å². The summed E-state index contributed by atoms with van der Waals surface area (Å²) in [5.74, 6) is -1.25. The number of aliphatic hydroxyl groups excluding tert-OH is 3. The van der Waals surface area contributed by atoms with Crippen molar-refractivity contribution in [2.24, 2.45) is 11.8 Å². The van der Waals surface area contributed by atoms with Gasteiger partial charge in [0.1, 0.15) is 0 Å². The second-order valence-electron chi connectivity index (χ2n) is 7.03. The van der Waals surface area contributed by atoms with Gasteiger partial charge in [-0.3, -0.25) is 0 Å². The third kappa shape index (κ3) is 8.17. The number of aliphatic carboxylic acids is 1. The summed E-state index contributed by atoms with van der Waals surface area (Å²) in [6.45, 7) is 2.19. The molecule has 1 unspecified atom stereocenters. The van der Waals surface area contributed by atoms with Crippen LogP contribution in [0.1, 0.15) is 64.7 Å². The van der Waals surface area contributed by atoms with Crippen LogP contribution in [0.4, 0.5) is 0 Å². The molecule has 1 aliphatic carbocycles. The fourth-order valence-electron chi connectivity index (χ4n) is 3.40. The van der Waals surface area contributed by atoms with E-state index in [1.54, 1.807) is 0 Å². The molecular formula is C20H34O5. The number of aliphatic hydroxyl groups is 3. The maximum Gasteiger partial charge on any atom is 0.332 e. The molecule has 0 bridgehead atoms. The molecule has 0 radical (unpaired) electrons. The maximum atomic E-state index is 10.5. The zero-order valence-corrected chi connectivity index (χ0v) is 15.3. The quantitative estimate of drug-likeness (QED) is 0.319. The Hall–Kier alpha value is -1.17. The van der Waals surface area contributed by atoms with E-state index in [4.69, 9.17) is 5.11 Å². The van der Waals surface area contributed by atoms with E-state index in [0.29, 0.717) is 19.3 Å². The van der Waals surface area contributed by atoms with E-state index in [1.807, 2.05) is 12.2 Å². The Bertz CT molecular complexity index is 432. The Labute approximate surface area is 151 Å². The molecule has 1 aliphatic rings. The Kier molecular flexibility index (Phi) is 10.7. The number of carbonyl (C=O) groups is 1. The Balaban J connectivity index is 2.40. The van der Waals surface area contributed by atoms with Gasteiger partial charge in [-0.15, -0.1) is 0 Å². The average Bonchev–Trinajstić information content (AvgIpc) is 2.83. The van der Waals surface area contributed by atoms with Gasteiger partial charge in [0.2, 0.25) is 0 Å². The summed E-state index contributed by atoms with van der Waals surface area (Å²) in [5.41, 5.74) is 0. The predicted octanol–water partition coefficient (Wildman–Crippen LogP) is 3.04. The number of hydrogen-bond acceptors (Lipinski definition) is 4. The van der Waals surface area contributed by atoms with E-state index < -0.39 is 24.3 Å². The molecule has 0 aliphatic heterocycles. The molecule has 4 N–H and O–H groups in total. The van der Waals surface area contributed by atoms with Gasteiger partial charge in [-0.1, -0.05) is 50.5 Å². The molecule has 144 valence electrons. The number of carboxylic acids is 1. The Morgan fingerprint density at radius 1 is 1.08 bits per heavy atom. The van der Waals surface area contributed by atoms with Crippen LogP contribution >= 0.6 is 0 Å². The highest BCUT2D eigenvalue weighted by molar-refractivity contribution is 5.71. The first-order valence-corrected chi connectivity index (χ1v) is 9.56. The normalized spacial score (nSPS) is 28.2. The van der Waals surface area contributed by atoms with Crippen LogP contribution in [0.5, 0.6) is 0 Å². The highest BCUT2D eigenvalue weighted by Gasteiger charge is 2.39. The van der Waals surface area contributed by atoms with E-state index >= 15 is 0 Å². The van der Waals surface area contributed by atoms with Crippen molar-refractivity contribution in [3.63, 3.8) is 0 Å². The van der Waals surface area contributed by atoms with Crippen molar-refractivity contribution in [2.45, 2.75) is 83.0 Å². The van der Waals surface area contributed by atoms with Crippen molar-refractivity contribution in [2.75, 3.05) is 0 Å². The van der Waals surface area contributed by atoms with Crippen LogP contribution in [0.3, 0.4) is 0 Å². The molecular weight excluding hydrogens is 320 g/mol. The molecule has 0 heterocycles. The van der Waals surface area contributed by atoms with E-state index in [0.717, 1.165) is 12.8 Å². The lowest BCUT2D eigenvalue weighted by Gasteiger charge is -2.19. The smallest absolute Gasteiger partial charge is 0.332 e. The minimum absolute atomic E-state index is 0.0115. The summed E-state index contributed by atoms with van der Waals surface area (Å²) in [6, 6.07) is 0. The van der Waals surface area contributed by atoms with Gasteiger partial charge in [-0.05, 0) is 38.0 Å². The molecule has 5 atom stereocenters. The molecule has 0 spiro atoms. The van der Waals surface area contributed by atoms with Crippen molar-refractivity contribution in [3.05, 3.63) is 24.3 Å². The lowest BCUT2D eigenvalue weighted by atomic mass is 9.89. The third-order valence-electron chi connectivity index (χ3n) is 4.97. The summed E-state index contributed by atoms with van der Waals surface area (Å²) >= 11 is 0. The van der Waals surface area contributed by atoms with Crippen LogP contribution in [0.25, 0.3) is 0 Å². The van der Waals surface area contributed by atoms with Gasteiger partial charge in [-0.25, -0.2) is 4.79 Å². The minimum Gasteiger partial charge on any atom is -0.479 e. The van der Waals surface area contributed by atoms with Gasteiger partial charge in [0.15, 0.2) is 6.10 Å². The van der Waals surface area contributed by atoms with Crippen LogP contribution < -0.4 is 0 Å². The molecule has 0 aromatic carbocycles. The van der Waals surface area contributed by atoms with Crippen LogP contribution in [-0.2, 0) is 4.79 Å². The monoisotopic (exact) mass is 354 g/mol. The van der Waals surface area contributed by atoms with Crippen LogP contribution in [-0.4, -0.2) is 44.7 Å². The lowest BCUT2D eigenvalue weighted by Crippen LogP contribution is -2.20. The minimum atomic E-state index is -1.33. The third-order valence-corrected chi connectivity index (χ3v) is 4.97. The largest absolute Gasteiger partial charge is 0.479 e. The van der Waals surface area contributed by atoms with Gasteiger partial charge < -0.3 is 20.4 Å². The number of hydrogen-bond donors (Lipinski definition) is 4. The van der Waals surface area contributed by atoms with Crippen LogP contribution in [0.2, 0.25) is 0 Å². The summed E-state index contributed by atoms with van der Waals surface area (Å²) in [5, 5.41) is 38.2. The second-order valence-corrected chi connectivity index (χ2v) is 7.03. The highest BCUT2D eigenvalue weighted by atomic mass is 16.4. The molecule has 1 fully saturated rings. The summed E-state index contributed by atoms with van der Waals surface area (Å²) in [6.07, 6.45) is 13.2. The zero-order valence-electron chi connectivity index (χ0n) is 15.3. The first-order chi connectivity index (χ1) is 12.0. The molecule has 1 saturated carbocycles. The van der Waals surface area contributed by atoms with Crippen molar-refractivity contribution in [1.29, 1.82) is 0 Å². The van der Waals surface area contributed by atoms with Crippen molar-refractivity contribution in [1.82, 2.24) is 0 Å². The second kappa shape index (κ2) is 12.2. The number of unbranched alkanes of at least 4 members (excludes halogenated alkanes) is 4. The van der Waals surface area contributed by atoms with Gasteiger partial charge >= 0.3 is 5.97 Å². The fourth-order valence-corrected chi connectivity index (χ4v) is 3.40. The first-order valence-electron chi connectivity index (χ1n) is 9.56. The number of allylic oxidation sites excluding steroid dienone is 3. The van der Waals surface area contributed by atoms with Crippen molar-refractivity contribution < 1.29 is 25.2 Å². The molecule has 0 amide bonds.